The largest absolute Gasteiger partial charge is 0.465 e. The van der Waals surface area contributed by atoms with Crippen molar-refractivity contribution in [1.82, 2.24) is 0 Å². The minimum atomic E-state index is -0.471. The van der Waals surface area contributed by atoms with E-state index >= 15 is 0 Å². The minimum absolute atomic E-state index is 0.144. The monoisotopic (exact) mass is 311 g/mol. The maximum absolute atomic E-state index is 11.9. The van der Waals surface area contributed by atoms with Crippen molar-refractivity contribution in [2.75, 3.05) is 19.0 Å². The van der Waals surface area contributed by atoms with Crippen LogP contribution in [0, 0.1) is 0 Å². The Labute approximate surface area is 128 Å². The average Bonchev–Trinajstić information content (AvgIpc) is 3.00. The van der Waals surface area contributed by atoms with Gasteiger partial charge in [-0.05, 0) is 37.5 Å². The second-order valence-electron chi connectivity index (χ2n) is 4.91. The molecule has 1 unspecified atom stereocenters. The number of methoxy groups -OCH3 is 1. The van der Waals surface area contributed by atoms with Gasteiger partial charge in [-0.25, -0.2) is 4.79 Å². The molecule has 0 spiro atoms. The number of ether oxygens (including phenoxy) is 2. The Balaban J connectivity index is 1.94. The predicted octanol–water partition coefficient (Wildman–Crippen LogP) is 3.02. The molecule has 5 nitrogen and oxygen atoms in total. The SMILES string of the molecule is COC(=O)c1ccc(Cl)c(NC(=O)CCC2CCCO2)c1. The van der Waals surface area contributed by atoms with Crippen LogP contribution in [0.5, 0.6) is 0 Å². The molecule has 1 amide bonds. The third-order valence-corrected chi connectivity index (χ3v) is 3.71. The lowest BCUT2D eigenvalue weighted by atomic mass is 10.1. The molecule has 1 aromatic carbocycles. The van der Waals surface area contributed by atoms with Crippen molar-refractivity contribution in [3.05, 3.63) is 28.8 Å². The van der Waals surface area contributed by atoms with E-state index in [-0.39, 0.29) is 12.0 Å². The molecular weight excluding hydrogens is 294 g/mol. The van der Waals surface area contributed by atoms with Crippen LogP contribution in [-0.2, 0) is 14.3 Å². The van der Waals surface area contributed by atoms with Gasteiger partial charge < -0.3 is 14.8 Å². The van der Waals surface area contributed by atoms with Gasteiger partial charge in [0.1, 0.15) is 0 Å². The summed E-state index contributed by atoms with van der Waals surface area (Å²) >= 11 is 6.02. The number of carbonyl (C=O) groups excluding carboxylic acids is 2. The zero-order chi connectivity index (χ0) is 15.2. The molecular formula is C15H18ClNO4. The average molecular weight is 312 g/mol. The topological polar surface area (TPSA) is 64.6 Å². The van der Waals surface area contributed by atoms with Gasteiger partial charge in [0.25, 0.3) is 0 Å². The number of halogens is 1. The summed E-state index contributed by atoms with van der Waals surface area (Å²) in [6.07, 6.45) is 3.29. The second kappa shape index (κ2) is 7.43. The normalized spacial score (nSPS) is 17.5. The van der Waals surface area contributed by atoms with E-state index in [1.54, 1.807) is 12.1 Å². The first-order valence-corrected chi connectivity index (χ1v) is 7.27. The molecule has 1 heterocycles. The van der Waals surface area contributed by atoms with E-state index in [1.165, 1.54) is 13.2 Å². The molecule has 1 saturated heterocycles. The Bertz CT molecular complexity index is 526. The first-order chi connectivity index (χ1) is 10.1. The van der Waals surface area contributed by atoms with Crippen molar-refractivity contribution >= 4 is 29.2 Å². The molecule has 0 radical (unpaired) electrons. The second-order valence-corrected chi connectivity index (χ2v) is 5.32. The fraction of sp³-hybridized carbons (Fsp3) is 0.467. The highest BCUT2D eigenvalue weighted by molar-refractivity contribution is 6.33. The molecule has 0 aromatic heterocycles. The summed E-state index contributed by atoms with van der Waals surface area (Å²) in [6, 6.07) is 4.62. The van der Waals surface area contributed by atoms with E-state index < -0.39 is 5.97 Å². The lowest BCUT2D eigenvalue weighted by Crippen LogP contribution is -2.16. The highest BCUT2D eigenvalue weighted by Crippen LogP contribution is 2.24. The number of hydrogen-bond donors (Lipinski definition) is 1. The lowest BCUT2D eigenvalue weighted by molar-refractivity contribution is -0.116. The third-order valence-electron chi connectivity index (χ3n) is 3.38. The molecule has 2 rings (SSSR count). The van der Waals surface area contributed by atoms with E-state index in [4.69, 9.17) is 16.3 Å². The van der Waals surface area contributed by atoms with Crippen LogP contribution in [0.25, 0.3) is 0 Å². The quantitative estimate of drug-likeness (QED) is 0.849. The Morgan fingerprint density at radius 3 is 2.95 bits per heavy atom. The molecule has 0 aliphatic carbocycles. The molecule has 0 saturated carbocycles. The Morgan fingerprint density at radius 2 is 2.29 bits per heavy atom. The Hall–Kier alpha value is -1.59. The minimum Gasteiger partial charge on any atom is -0.465 e. The van der Waals surface area contributed by atoms with Gasteiger partial charge in [-0.15, -0.1) is 0 Å². The van der Waals surface area contributed by atoms with Crippen molar-refractivity contribution in [1.29, 1.82) is 0 Å². The van der Waals surface area contributed by atoms with Crippen molar-refractivity contribution < 1.29 is 19.1 Å². The van der Waals surface area contributed by atoms with Crippen LogP contribution < -0.4 is 5.32 Å². The molecule has 1 aliphatic rings. The number of esters is 1. The molecule has 1 fully saturated rings. The summed E-state index contributed by atoms with van der Waals surface area (Å²) in [5.74, 6) is -0.615. The van der Waals surface area contributed by atoms with Crippen molar-refractivity contribution in [3.63, 3.8) is 0 Å². The molecule has 1 atom stereocenters. The molecule has 1 aliphatic heterocycles. The van der Waals surface area contributed by atoms with Crippen LogP contribution in [0.3, 0.4) is 0 Å². The fourth-order valence-electron chi connectivity index (χ4n) is 2.24. The molecule has 1 aromatic rings. The van der Waals surface area contributed by atoms with Gasteiger partial charge in [-0.3, -0.25) is 4.79 Å². The standard InChI is InChI=1S/C15H18ClNO4/c1-20-15(19)10-4-6-12(16)13(9-10)17-14(18)7-5-11-3-2-8-21-11/h4,6,9,11H,2-3,5,7-8H2,1H3,(H,17,18). The zero-order valence-corrected chi connectivity index (χ0v) is 12.6. The zero-order valence-electron chi connectivity index (χ0n) is 11.9. The molecule has 6 heteroatoms. The van der Waals surface area contributed by atoms with Gasteiger partial charge in [0, 0.05) is 13.0 Å². The van der Waals surface area contributed by atoms with Gasteiger partial charge in [0.05, 0.1) is 29.5 Å². The fourth-order valence-corrected chi connectivity index (χ4v) is 2.41. The Kier molecular flexibility index (Phi) is 5.59. The summed E-state index contributed by atoms with van der Waals surface area (Å²) in [6.45, 7) is 0.777. The van der Waals surface area contributed by atoms with Crippen LogP contribution in [-0.4, -0.2) is 31.7 Å². The number of anilines is 1. The van der Waals surface area contributed by atoms with E-state index in [1.807, 2.05) is 0 Å². The van der Waals surface area contributed by atoms with Gasteiger partial charge in [0.2, 0.25) is 5.91 Å². The highest BCUT2D eigenvalue weighted by Gasteiger charge is 2.17. The number of amides is 1. The van der Waals surface area contributed by atoms with E-state index in [0.29, 0.717) is 29.1 Å². The van der Waals surface area contributed by atoms with E-state index in [0.717, 1.165) is 19.4 Å². The molecule has 1 N–H and O–H groups in total. The number of nitrogens with one attached hydrogen (secondary N) is 1. The Morgan fingerprint density at radius 1 is 1.48 bits per heavy atom. The third kappa shape index (κ3) is 4.44. The van der Waals surface area contributed by atoms with Gasteiger partial charge in [0.15, 0.2) is 0 Å². The van der Waals surface area contributed by atoms with Crippen LogP contribution >= 0.6 is 11.6 Å². The van der Waals surface area contributed by atoms with E-state index in [9.17, 15) is 9.59 Å². The summed E-state index contributed by atoms with van der Waals surface area (Å²) in [5.41, 5.74) is 0.758. The van der Waals surface area contributed by atoms with Crippen molar-refractivity contribution in [3.8, 4) is 0 Å². The van der Waals surface area contributed by atoms with Crippen LogP contribution in [0.2, 0.25) is 5.02 Å². The lowest BCUT2D eigenvalue weighted by Gasteiger charge is -2.11. The predicted molar refractivity (Wildman–Crippen MR) is 79.6 cm³/mol. The number of carbonyl (C=O) groups is 2. The van der Waals surface area contributed by atoms with Crippen molar-refractivity contribution in [2.45, 2.75) is 31.8 Å². The van der Waals surface area contributed by atoms with Gasteiger partial charge in [-0.2, -0.15) is 0 Å². The van der Waals surface area contributed by atoms with Crippen molar-refractivity contribution in [2.24, 2.45) is 0 Å². The smallest absolute Gasteiger partial charge is 0.337 e. The molecule has 114 valence electrons. The highest BCUT2D eigenvalue weighted by atomic mass is 35.5. The van der Waals surface area contributed by atoms with Crippen LogP contribution in [0.1, 0.15) is 36.0 Å². The maximum Gasteiger partial charge on any atom is 0.337 e. The number of hydrogen-bond acceptors (Lipinski definition) is 4. The van der Waals surface area contributed by atoms with Gasteiger partial charge in [-0.1, -0.05) is 11.6 Å². The number of rotatable bonds is 5. The summed E-state index contributed by atoms with van der Waals surface area (Å²) in [5, 5.41) is 3.10. The van der Waals surface area contributed by atoms with Crippen LogP contribution in [0.15, 0.2) is 18.2 Å². The first kappa shape index (κ1) is 15.8. The summed E-state index contributed by atoms with van der Waals surface area (Å²) < 4.78 is 10.1. The van der Waals surface area contributed by atoms with Crippen LogP contribution in [0.4, 0.5) is 5.69 Å². The number of benzene rings is 1. The van der Waals surface area contributed by atoms with E-state index in [2.05, 4.69) is 10.1 Å². The maximum atomic E-state index is 11.9. The molecule has 0 bridgehead atoms. The summed E-state index contributed by atoms with van der Waals surface area (Å²) in [7, 11) is 1.30. The molecule has 21 heavy (non-hydrogen) atoms. The van der Waals surface area contributed by atoms with Gasteiger partial charge >= 0.3 is 5.97 Å². The summed E-state index contributed by atoms with van der Waals surface area (Å²) in [4.78, 5) is 23.4. The first-order valence-electron chi connectivity index (χ1n) is 6.89.